The van der Waals surface area contributed by atoms with E-state index >= 15 is 0 Å². The first-order chi connectivity index (χ1) is 15.3. The smallest absolute Gasteiger partial charge is 0.337 e. The van der Waals surface area contributed by atoms with Crippen LogP contribution in [0.3, 0.4) is 0 Å². The number of nitrogens with one attached hydrogen (secondary N) is 3. The SMILES string of the molecule is COC(=O)c1ccc(NC(=O)CCC(=O)OCC(=O)NNC(=O)c2ccccc2Cl)cc1. The zero-order chi connectivity index (χ0) is 23.5. The predicted molar refractivity (Wildman–Crippen MR) is 114 cm³/mol. The number of hydrogen-bond donors (Lipinski definition) is 3. The van der Waals surface area contributed by atoms with Crippen molar-refractivity contribution in [3.8, 4) is 0 Å². The van der Waals surface area contributed by atoms with Crippen LogP contribution in [0.5, 0.6) is 0 Å². The quantitative estimate of drug-likeness (QED) is 0.402. The molecule has 3 amide bonds. The summed E-state index contributed by atoms with van der Waals surface area (Å²) in [4.78, 5) is 58.6. The number of rotatable bonds is 8. The largest absolute Gasteiger partial charge is 0.465 e. The maximum Gasteiger partial charge on any atom is 0.337 e. The number of esters is 2. The lowest BCUT2D eigenvalue weighted by molar-refractivity contribution is -0.149. The summed E-state index contributed by atoms with van der Waals surface area (Å²) >= 11 is 5.88. The number of anilines is 1. The summed E-state index contributed by atoms with van der Waals surface area (Å²) < 4.78 is 9.34. The van der Waals surface area contributed by atoms with E-state index in [0.29, 0.717) is 11.3 Å². The Bertz CT molecular complexity index is 1010. The molecule has 0 unspecified atom stereocenters. The summed E-state index contributed by atoms with van der Waals surface area (Å²) in [6.07, 6.45) is -0.437. The lowest BCUT2D eigenvalue weighted by atomic mass is 10.2. The number of benzene rings is 2. The van der Waals surface area contributed by atoms with E-state index in [4.69, 9.17) is 16.3 Å². The maximum atomic E-state index is 11.9. The van der Waals surface area contributed by atoms with Gasteiger partial charge in [-0.25, -0.2) is 4.79 Å². The van der Waals surface area contributed by atoms with E-state index < -0.39 is 36.3 Å². The molecule has 2 rings (SSSR count). The van der Waals surface area contributed by atoms with Crippen LogP contribution in [0.25, 0.3) is 0 Å². The molecule has 0 aliphatic heterocycles. The van der Waals surface area contributed by atoms with Crippen molar-refractivity contribution in [3.05, 3.63) is 64.7 Å². The van der Waals surface area contributed by atoms with Gasteiger partial charge in [0.05, 0.1) is 29.7 Å². The summed E-state index contributed by atoms with van der Waals surface area (Å²) in [6, 6.07) is 12.3. The molecule has 168 valence electrons. The third-order valence-corrected chi connectivity index (χ3v) is 4.27. The lowest BCUT2D eigenvalue weighted by Crippen LogP contribution is -2.43. The molecule has 0 aromatic heterocycles. The summed E-state index contributed by atoms with van der Waals surface area (Å²) in [6.45, 7) is -0.641. The second-order valence-corrected chi connectivity index (χ2v) is 6.67. The number of carbonyl (C=O) groups excluding carboxylic acids is 5. The molecule has 3 N–H and O–H groups in total. The monoisotopic (exact) mass is 461 g/mol. The zero-order valence-electron chi connectivity index (χ0n) is 17.0. The highest BCUT2D eigenvalue weighted by Crippen LogP contribution is 2.14. The summed E-state index contributed by atoms with van der Waals surface area (Å²) in [5, 5.41) is 2.77. The number of hydrazine groups is 1. The van der Waals surface area contributed by atoms with E-state index in [1.165, 1.54) is 43.5 Å². The molecule has 0 aliphatic carbocycles. The molecule has 0 atom stereocenters. The Hall–Kier alpha value is -3.92. The molecule has 2 aromatic rings. The van der Waals surface area contributed by atoms with Gasteiger partial charge in [-0.15, -0.1) is 0 Å². The number of ether oxygens (including phenoxy) is 2. The standard InChI is InChI=1S/C21H20ClN3O7/c1-31-21(30)13-6-8-14(9-7-13)23-17(26)10-11-19(28)32-12-18(27)24-25-20(29)15-4-2-3-5-16(15)22/h2-9H,10-12H2,1H3,(H,23,26)(H,24,27)(H,25,29). The fourth-order valence-corrected chi connectivity index (χ4v) is 2.56. The molecule has 0 saturated heterocycles. The normalized spacial score (nSPS) is 9.94. The van der Waals surface area contributed by atoms with E-state index in [2.05, 4.69) is 20.9 Å². The molecule has 10 nitrogen and oxygen atoms in total. The molecular weight excluding hydrogens is 442 g/mol. The topological polar surface area (TPSA) is 140 Å². The molecule has 0 fully saturated rings. The second-order valence-electron chi connectivity index (χ2n) is 6.26. The summed E-state index contributed by atoms with van der Waals surface area (Å²) in [5.74, 6) is -3.13. The van der Waals surface area contributed by atoms with Gasteiger partial charge >= 0.3 is 11.9 Å². The molecule has 2 aromatic carbocycles. The van der Waals surface area contributed by atoms with E-state index in [1.807, 2.05) is 0 Å². The highest BCUT2D eigenvalue weighted by molar-refractivity contribution is 6.33. The van der Waals surface area contributed by atoms with Crippen LogP contribution in [0.2, 0.25) is 5.02 Å². The van der Waals surface area contributed by atoms with Gasteiger partial charge in [0.15, 0.2) is 6.61 Å². The van der Waals surface area contributed by atoms with Crippen molar-refractivity contribution in [2.75, 3.05) is 19.0 Å². The number of carbonyl (C=O) groups is 5. The average Bonchev–Trinajstić information content (AvgIpc) is 2.80. The van der Waals surface area contributed by atoms with Crippen LogP contribution >= 0.6 is 11.6 Å². The molecule has 0 saturated carbocycles. The van der Waals surface area contributed by atoms with Crippen molar-refractivity contribution in [2.24, 2.45) is 0 Å². The van der Waals surface area contributed by atoms with Crippen molar-refractivity contribution in [3.63, 3.8) is 0 Å². The molecule has 0 bridgehead atoms. The molecule has 0 spiro atoms. The average molecular weight is 462 g/mol. The fraction of sp³-hybridized carbons (Fsp3) is 0.190. The third-order valence-electron chi connectivity index (χ3n) is 3.94. The molecule has 11 heteroatoms. The van der Waals surface area contributed by atoms with Crippen molar-refractivity contribution < 1.29 is 33.4 Å². The first-order valence-electron chi connectivity index (χ1n) is 9.27. The molecule has 0 aliphatic rings. The minimum Gasteiger partial charge on any atom is -0.465 e. The van der Waals surface area contributed by atoms with Gasteiger partial charge in [0.1, 0.15) is 0 Å². The number of hydrogen-bond acceptors (Lipinski definition) is 7. The number of halogens is 1. The molecule has 0 heterocycles. The van der Waals surface area contributed by atoms with Crippen LogP contribution in [-0.2, 0) is 23.9 Å². The van der Waals surface area contributed by atoms with Crippen LogP contribution in [0.4, 0.5) is 5.69 Å². The lowest BCUT2D eigenvalue weighted by Gasteiger charge is -2.09. The fourth-order valence-electron chi connectivity index (χ4n) is 2.34. The number of amides is 3. The Kier molecular flexibility index (Phi) is 9.18. The minimum atomic E-state index is -0.770. The Morgan fingerprint density at radius 2 is 1.56 bits per heavy atom. The highest BCUT2D eigenvalue weighted by atomic mass is 35.5. The molecular formula is C21H20ClN3O7. The Morgan fingerprint density at radius 1 is 0.875 bits per heavy atom. The van der Waals surface area contributed by atoms with Gasteiger partial charge in [0, 0.05) is 12.1 Å². The molecule has 0 radical (unpaired) electrons. The van der Waals surface area contributed by atoms with E-state index in [-0.39, 0.29) is 23.4 Å². The van der Waals surface area contributed by atoms with Crippen LogP contribution in [0.1, 0.15) is 33.6 Å². The predicted octanol–water partition coefficient (Wildman–Crippen LogP) is 1.85. The van der Waals surface area contributed by atoms with Gasteiger partial charge in [-0.2, -0.15) is 0 Å². The number of methoxy groups -OCH3 is 1. The maximum absolute atomic E-state index is 11.9. The first-order valence-corrected chi connectivity index (χ1v) is 9.65. The second kappa shape index (κ2) is 12.1. The van der Waals surface area contributed by atoms with E-state index in [9.17, 15) is 24.0 Å². The van der Waals surface area contributed by atoms with Gasteiger partial charge in [-0.05, 0) is 36.4 Å². The summed E-state index contributed by atoms with van der Waals surface area (Å²) in [5.41, 5.74) is 5.17. The van der Waals surface area contributed by atoms with Gasteiger partial charge in [0.25, 0.3) is 11.8 Å². The highest BCUT2D eigenvalue weighted by Gasteiger charge is 2.13. The van der Waals surface area contributed by atoms with Gasteiger partial charge in [0.2, 0.25) is 5.91 Å². The van der Waals surface area contributed by atoms with Crippen LogP contribution in [0, 0.1) is 0 Å². The minimum absolute atomic E-state index is 0.164. The third kappa shape index (κ3) is 7.73. The zero-order valence-corrected chi connectivity index (χ0v) is 17.7. The van der Waals surface area contributed by atoms with Crippen molar-refractivity contribution in [1.29, 1.82) is 0 Å². The van der Waals surface area contributed by atoms with Crippen molar-refractivity contribution >= 4 is 46.9 Å². The Balaban J connectivity index is 1.66. The van der Waals surface area contributed by atoms with E-state index in [0.717, 1.165) is 0 Å². The van der Waals surface area contributed by atoms with Crippen LogP contribution in [-0.4, -0.2) is 43.4 Å². The van der Waals surface area contributed by atoms with Gasteiger partial charge < -0.3 is 14.8 Å². The Morgan fingerprint density at radius 3 is 2.22 bits per heavy atom. The van der Waals surface area contributed by atoms with Gasteiger partial charge in [-0.1, -0.05) is 23.7 Å². The van der Waals surface area contributed by atoms with Crippen molar-refractivity contribution in [1.82, 2.24) is 10.9 Å². The first kappa shape index (κ1) is 24.4. The summed E-state index contributed by atoms with van der Waals surface area (Å²) in [7, 11) is 1.26. The van der Waals surface area contributed by atoms with Crippen molar-refractivity contribution in [2.45, 2.75) is 12.8 Å². The Labute approximate surface area is 188 Å². The van der Waals surface area contributed by atoms with Gasteiger partial charge in [-0.3, -0.25) is 30.0 Å². The van der Waals surface area contributed by atoms with Crippen LogP contribution < -0.4 is 16.2 Å². The van der Waals surface area contributed by atoms with Crippen LogP contribution in [0.15, 0.2) is 48.5 Å². The molecule has 32 heavy (non-hydrogen) atoms. The van der Waals surface area contributed by atoms with E-state index in [1.54, 1.807) is 12.1 Å².